The molecule has 1 N–H and O–H groups in total. The van der Waals surface area contributed by atoms with Crippen molar-refractivity contribution in [2.45, 2.75) is 20.3 Å². The first-order valence-electron chi connectivity index (χ1n) is 6.01. The van der Waals surface area contributed by atoms with Crippen LogP contribution in [0.25, 0.3) is 11.3 Å². The lowest BCUT2D eigenvalue weighted by Crippen LogP contribution is -2.23. The third kappa shape index (κ3) is 2.96. The average molecular weight is 260 g/mol. The molecule has 94 valence electrons. The summed E-state index contributed by atoms with van der Waals surface area (Å²) in [5, 5.41) is 5.94. The number of aromatic nitrogens is 1. The van der Waals surface area contributed by atoms with Gasteiger partial charge in [-0.05, 0) is 25.5 Å². The van der Waals surface area contributed by atoms with Crippen LogP contribution in [-0.4, -0.2) is 17.4 Å². The van der Waals surface area contributed by atoms with Crippen LogP contribution in [0.4, 0.5) is 0 Å². The molecular weight excluding hydrogens is 244 g/mol. The molecule has 0 fully saturated rings. The van der Waals surface area contributed by atoms with E-state index in [0.29, 0.717) is 12.1 Å². The normalized spacial score (nSPS) is 10.3. The van der Waals surface area contributed by atoms with Crippen LogP contribution in [0.5, 0.6) is 0 Å². The van der Waals surface area contributed by atoms with Crippen LogP contribution in [0.15, 0.2) is 29.6 Å². The summed E-state index contributed by atoms with van der Waals surface area (Å²) >= 11 is 1.63. The lowest BCUT2D eigenvalue weighted by atomic mass is 10.1. The highest BCUT2D eigenvalue weighted by atomic mass is 32.1. The number of hydrogen-bond acceptors (Lipinski definition) is 3. The molecule has 1 aromatic heterocycles. The monoisotopic (exact) mass is 260 g/mol. The van der Waals surface area contributed by atoms with Gasteiger partial charge in [0, 0.05) is 23.1 Å². The Balaban J connectivity index is 2.12. The maximum absolute atomic E-state index is 11.7. The Hall–Kier alpha value is -1.68. The summed E-state index contributed by atoms with van der Waals surface area (Å²) in [6.07, 6.45) is 0.946. The van der Waals surface area contributed by atoms with Crippen molar-refractivity contribution in [3.05, 3.63) is 40.2 Å². The zero-order valence-electron chi connectivity index (χ0n) is 10.6. The Morgan fingerprint density at radius 3 is 2.61 bits per heavy atom. The summed E-state index contributed by atoms with van der Waals surface area (Å²) in [7, 11) is 0. The highest BCUT2D eigenvalue weighted by molar-refractivity contribution is 7.09. The quantitative estimate of drug-likeness (QED) is 0.916. The SMILES string of the molecule is CCCNC(=O)c1ccc(-c2csc(C)n2)cc1. The summed E-state index contributed by atoms with van der Waals surface area (Å²) in [4.78, 5) is 16.2. The van der Waals surface area contributed by atoms with Gasteiger partial charge in [0.1, 0.15) is 0 Å². The number of nitrogens with zero attached hydrogens (tertiary/aromatic N) is 1. The van der Waals surface area contributed by atoms with E-state index >= 15 is 0 Å². The van der Waals surface area contributed by atoms with Gasteiger partial charge in [-0.2, -0.15) is 0 Å². The van der Waals surface area contributed by atoms with E-state index in [-0.39, 0.29) is 5.91 Å². The Morgan fingerprint density at radius 1 is 1.33 bits per heavy atom. The highest BCUT2D eigenvalue weighted by Gasteiger charge is 2.06. The molecule has 2 rings (SSSR count). The second-order valence-corrected chi connectivity index (χ2v) is 5.15. The van der Waals surface area contributed by atoms with Crippen LogP contribution >= 0.6 is 11.3 Å². The van der Waals surface area contributed by atoms with Gasteiger partial charge in [-0.15, -0.1) is 11.3 Å². The highest BCUT2D eigenvalue weighted by Crippen LogP contribution is 2.21. The molecule has 18 heavy (non-hydrogen) atoms. The van der Waals surface area contributed by atoms with Crippen molar-refractivity contribution in [3.8, 4) is 11.3 Å². The van der Waals surface area contributed by atoms with Gasteiger partial charge in [-0.1, -0.05) is 19.1 Å². The first kappa shape index (κ1) is 12.8. The first-order valence-corrected chi connectivity index (χ1v) is 6.89. The molecule has 0 aliphatic heterocycles. The minimum atomic E-state index is -0.0159. The molecular formula is C14H16N2OS. The molecule has 1 amide bonds. The van der Waals surface area contributed by atoms with E-state index in [1.165, 1.54) is 0 Å². The summed E-state index contributed by atoms with van der Waals surface area (Å²) < 4.78 is 0. The summed E-state index contributed by atoms with van der Waals surface area (Å²) in [6.45, 7) is 4.74. The smallest absolute Gasteiger partial charge is 0.251 e. The van der Waals surface area contributed by atoms with Crippen molar-refractivity contribution in [2.75, 3.05) is 6.54 Å². The predicted molar refractivity (Wildman–Crippen MR) is 74.9 cm³/mol. The molecule has 0 saturated carbocycles. The summed E-state index contributed by atoms with van der Waals surface area (Å²) in [6, 6.07) is 7.56. The van der Waals surface area contributed by atoms with Crippen LogP contribution in [0.1, 0.15) is 28.7 Å². The largest absolute Gasteiger partial charge is 0.352 e. The van der Waals surface area contributed by atoms with Crippen LogP contribution in [0.3, 0.4) is 0 Å². The molecule has 3 nitrogen and oxygen atoms in total. The summed E-state index contributed by atoms with van der Waals surface area (Å²) in [5.41, 5.74) is 2.71. The van der Waals surface area contributed by atoms with E-state index in [0.717, 1.165) is 22.7 Å². The van der Waals surface area contributed by atoms with Gasteiger partial charge in [-0.3, -0.25) is 4.79 Å². The van der Waals surface area contributed by atoms with E-state index in [4.69, 9.17) is 0 Å². The Kier molecular flexibility index (Phi) is 4.10. The Morgan fingerprint density at radius 2 is 2.06 bits per heavy atom. The second kappa shape index (κ2) is 5.78. The third-order valence-electron chi connectivity index (χ3n) is 2.60. The molecule has 0 spiro atoms. The van der Waals surface area contributed by atoms with E-state index < -0.39 is 0 Å². The van der Waals surface area contributed by atoms with Gasteiger partial charge in [-0.25, -0.2) is 4.98 Å². The molecule has 2 aromatic rings. The van der Waals surface area contributed by atoms with Gasteiger partial charge in [0.05, 0.1) is 10.7 Å². The lowest BCUT2D eigenvalue weighted by molar-refractivity contribution is 0.0953. The van der Waals surface area contributed by atoms with Crippen molar-refractivity contribution < 1.29 is 4.79 Å². The molecule has 0 atom stereocenters. The number of rotatable bonds is 4. The minimum absolute atomic E-state index is 0.0159. The molecule has 0 radical (unpaired) electrons. The fourth-order valence-corrected chi connectivity index (χ4v) is 2.25. The van der Waals surface area contributed by atoms with E-state index in [9.17, 15) is 4.79 Å². The lowest BCUT2D eigenvalue weighted by Gasteiger charge is -2.04. The first-order chi connectivity index (χ1) is 8.70. The van der Waals surface area contributed by atoms with Gasteiger partial charge < -0.3 is 5.32 Å². The molecule has 1 heterocycles. The molecule has 0 aliphatic carbocycles. The maximum Gasteiger partial charge on any atom is 0.251 e. The minimum Gasteiger partial charge on any atom is -0.352 e. The van der Waals surface area contributed by atoms with E-state index in [2.05, 4.69) is 10.3 Å². The maximum atomic E-state index is 11.7. The third-order valence-corrected chi connectivity index (χ3v) is 3.37. The number of carbonyl (C=O) groups excluding carboxylic acids is 1. The predicted octanol–water partition coefficient (Wildman–Crippen LogP) is 3.26. The number of thiazole rings is 1. The number of amides is 1. The van der Waals surface area contributed by atoms with E-state index in [1.807, 2.05) is 43.5 Å². The Bertz CT molecular complexity index is 531. The number of carbonyl (C=O) groups is 1. The van der Waals surface area contributed by atoms with Crippen LogP contribution in [0.2, 0.25) is 0 Å². The van der Waals surface area contributed by atoms with Gasteiger partial charge >= 0.3 is 0 Å². The zero-order chi connectivity index (χ0) is 13.0. The average Bonchev–Trinajstić information content (AvgIpc) is 2.83. The topological polar surface area (TPSA) is 42.0 Å². The standard InChI is InChI=1S/C14H16N2OS/c1-3-8-15-14(17)12-6-4-11(5-7-12)13-9-18-10(2)16-13/h4-7,9H,3,8H2,1-2H3,(H,15,17). The summed E-state index contributed by atoms with van der Waals surface area (Å²) in [5.74, 6) is -0.0159. The zero-order valence-corrected chi connectivity index (χ0v) is 11.4. The molecule has 0 bridgehead atoms. The van der Waals surface area contributed by atoms with Crippen molar-refractivity contribution >= 4 is 17.2 Å². The van der Waals surface area contributed by atoms with Crippen molar-refractivity contribution in [3.63, 3.8) is 0 Å². The number of nitrogens with one attached hydrogen (secondary N) is 1. The van der Waals surface area contributed by atoms with Crippen molar-refractivity contribution in [1.82, 2.24) is 10.3 Å². The molecule has 0 saturated heterocycles. The molecule has 0 unspecified atom stereocenters. The number of hydrogen-bond donors (Lipinski definition) is 1. The molecule has 1 aromatic carbocycles. The van der Waals surface area contributed by atoms with Crippen molar-refractivity contribution in [1.29, 1.82) is 0 Å². The fourth-order valence-electron chi connectivity index (χ4n) is 1.63. The van der Waals surface area contributed by atoms with Crippen LogP contribution in [0, 0.1) is 6.92 Å². The van der Waals surface area contributed by atoms with Gasteiger partial charge in [0.25, 0.3) is 5.91 Å². The molecule has 4 heteroatoms. The fraction of sp³-hybridized carbons (Fsp3) is 0.286. The Labute approximate surface area is 111 Å². The van der Waals surface area contributed by atoms with Crippen LogP contribution in [-0.2, 0) is 0 Å². The van der Waals surface area contributed by atoms with Gasteiger partial charge in [0.15, 0.2) is 0 Å². The van der Waals surface area contributed by atoms with Gasteiger partial charge in [0.2, 0.25) is 0 Å². The van der Waals surface area contributed by atoms with Crippen molar-refractivity contribution in [2.24, 2.45) is 0 Å². The van der Waals surface area contributed by atoms with Crippen LogP contribution < -0.4 is 5.32 Å². The second-order valence-electron chi connectivity index (χ2n) is 4.09. The van der Waals surface area contributed by atoms with E-state index in [1.54, 1.807) is 11.3 Å². The number of benzene rings is 1. The number of aryl methyl sites for hydroxylation is 1. The molecule has 0 aliphatic rings.